The minimum Gasteiger partial charge on any atom is -0.478 e. The zero-order chi connectivity index (χ0) is 14.4. The van der Waals surface area contributed by atoms with Gasteiger partial charge in [0.25, 0.3) is 0 Å². The molecule has 2 heterocycles. The smallest absolute Gasteiger partial charge is 0.434 e. The molecule has 0 fully saturated rings. The fourth-order valence-electron chi connectivity index (χ4n) is 1.68. The third-order valence-corrected chi connectivity index (χ3v) is 2.90. The lowest BCUT2D eigenvalue weighted by atomic mass is 10.1. The van der Waals surface area contributed by atoms with Gasteiger partial charge in [-0.25, -0.2) is 14.5 Å². The summed E-state index contributed by atoms with van der Waals surface area (Å²) in [6.07, 6.45) is -3.71. The van der Waals surface area contributed by atoms with E-state index in [2.05, 4.69) is 10.1 Å². The molecule has 0 aliphatic rings. The highest BCUT2D eigenvalue weighted by Gasteiger charge is 2.40. The molecule has 2 rings (SSSR count). The Kier molecular flexibility index (Phi) is 3.13. The number of carboxylic acid groups (broad SMARTS) is 1. The largest absolute Gasteiger partial charge is 0.478 e. The van der Waals surface area contributed by atoms with Crippen LogP contribution < -0.4 is 0 Å². The predicted octanol–water partition coefficient (Wildman–Crippen LogP) is 2.82. The number of rotatable bonds is 2. The van der Waals surface area contributed by atoms with Crippen molar-refractivity contribution < 1.29 is 23.1 Å². The lowest BCUT2D eigenvalue weighted by Crippen LogP contribution is -2.17. The maximum Gasteiger partial charge on any atom is 0.434 e. The molecule has 2 aromatic heterocycles. The van der Waals surface area contributed by atoms with Crippen LogP contribution in [0.2, 0.25) is 5.02 Å². The molecule has 0 unspecified atom stereocenters. The van der Waals surface area contributed by atoms with Gasteiger partial charge in [-0.2, -0.15) is 18.3 Å². The van der Waals surface area contributed by atoms with Crippen LogP contribution in [0.4, 0.5) is 13.2 Å². The average Bonchev–Trinajstić information content (AvgIpc) is 2.70. The van der Waals surface area contributed by atoms with Crippen LogP contribution in [0.5, 0.6) is 0 Å². The molecule has 0 aliphatic heterocycles. The number of hydrogen-bond donors (Lipinski definition) is 1. The molecule has 1 N–H and O–H groups in total. The highest BCUT2D eigenvalue weighted by molar-refractivity contribution is 6.38. The van der Waals surface area contributed by atoms with Crippen molar-refractivity contribution in [1.82, 2.24) is 14.8 Å². The average molecular weight is 294 g/mol. The third-order valence-electron chi connectivity index (χ3n) is 2.50. The number of carbonyl (C=O) groups is 1. The van der Waals surface area contributed by atoms with Crippen LogP contribution in [0, 0.1) is 0 Å². The Balaban J connectivity index is 2.92. The van der Waals surface area contributed by atoms with Crippen LogP contribution >= 0.6 is 11.6 Å². The topological polar surface area (TPSA) is 68.0 Å². The summed E-state index contributed by atoms with van der Waals surface area (Å²) in [5.41, 5.74) is -2.67. The Morgan fingerprint density at radius 1 is 1.53 bits per heavy atom. The molecule has 0 atom stereocenters. The van der Waals surface area contributed by atoms with Crippen molar-refractivity contribution in [2.45, 2.75) is 19.6 Å². The summed E-state index contributed by atoms with van der Waals surface area (Å²) in [4.78, 5) is 14.3. The lowest BCUT2D eigenvalue weighted by molar-refractivity contribution is -0.141. The maximum atomic E-state index is 12.8. The Morgan fingerprint density at radius 2 is 2.16 bits per heavy atom. The number of hydrogen-bond acceptors (Lipinski definition) is 3. The molecule has 5 nitrogen and oxygen atoms in total. The monoisotopic (exact) mass is 293 g/mol. The second-order valence-electron chi connectivity index (χ2n) is 3.65. The number of alkyl halides is 3. The summed E-state index contributed by atoms with van der Waals surface area (Å²) in [5, 5.41) is 12.3. The molecule has 0 amide bonds. The van der Waals surface area contributed by atoms with E-state index in [0.717, 1.165) is 0 Å². The molecule has 0 spiro atoms. The van der Waals surface area contributed by atoms with Crippen molar-refractivity contribution in [3.8, 4) is 0 Å². The molecular formula is C10H7ClF3N3O2. The Labute approximate surface area is 109 Å². The van der Waals surface area contributed by atoms with Gasteiger partial charge in [0.1, 0.15) is 5.56 Å². The van der Waals surface area contributed by atoms with Crippen LogP contribution in [0.25, 0.3) is 11.0 Å². The first kappa shape index (κ1) is 13.6. The third kappa shape index (κ3) is 2.12. The number of carboxylic acids is 1. The number of nitrogens with zero attached hydrogens (tertiary/aromatic N) is 3. The van der Waals surface area contributed by atoms with Crippen LogP contribution in [0.15, 0.2) is 6.20 Å². The molecular weight excluding hydrogens is 287 g/mol. The van der Waals surface area contributed by atoms with E-state index >= 15 is 0 Å². The standard InChI is InChI=1S/C10H7ClF3N3O2/c1-2-17-8-4(3-15-17)6(11)5(9(18)19)7(16-8)10(12,13)14/h3H,2H2,1H3,(H,18,19). The summed E-state index contributed by atoms with van der Waals surface area (Å²) in [5.74, 6) is -1.78. The first-order chi connectivity index (χ1) is 8.77. The van der Waals surface area contributed by atoms with Crippen molar-refractivity contribution in [2.75, 3.05) is 0 Å². The van der Waals surface area contributed by atoms with Crippen LogP contribution in [-0.4, -0.2) is 25.8 Å². The minimum atomic E-state index is -4.91. The van der Waals surface area contributed by atoms with E-state index in [1.807, 2.05) is 0 Å². The molecule has 19 heavy (non-hydrogen) atoms. The van der Waals surface area contributed by atoms with Crippen molar-refractivity contribution >= 4 is 28.6 Å². The van der Waals surface area contributed by atoms with Crippen LogP contribution in [-0.2, 0) is 12.7 Å². The summed E-state index contributed by atoms with van der Waals surface area (Å²) in [6.45, 7) is 1.96. The van der Waals surface area contributed by atoms with E-state index in [1.54, 1.807) is 6.92 Å². The van der Waals surface area contributed by atoms with E-state index in [0.29, 0.717) is 0 Å². The minimum absolute atomic E-state index is 0.0777. The number of aromatic nitrogens is 3. The highest BCUT2D eigenvalue weighted by atomic mass is 35.5. The molecule has 9 heteroatoms. The van der Waals surface area contributed by atoms with Gasteiger partial charge in [-0.1, -0.05) is 11.6 Å². The zero-order valence-electron chi connectivity index (χ0n) is 9.49. The second-order valence-corrected chi connectivity index (χ2v) is 4.03. The fourth-order valence-corrected chi connectivity index (χ4v) is 1.99. The fraction of sp³-hybridized carbons (Fsp3) is 0.300. The molecule has 0 aliphatic carbocycles. The van der Waals surface area contributed by atoms with Crippen molar-refractivity contribution in [2.24, 2.45) is 0 Å². The van der Waals surface area contributed by atoms with Gasteiger partial charge in [0, 0.05) is 6.54 Å². The number of fused-ring (bicyclic) bond motifs is 1. The number of pyridine rings is 1. The Bertz CT molecular complexity index is 666. The first-order valence-corrected chi connectivity index (χ1v) is 5.50. The Hall–Kier alpha value is -1.83. The molecule has 2 aromatic rings. The van der Waals surface area contributed by atoms with E-state index in [4.69, 9.17) is 16.7 Å². The second kappa shape index (κ2) is 4.37. The van der Waals surface area contributed by atoms with Crippen molar-refractivity contribution in [1.29, 1.82) is 0 Å². The molecule has 0 aromatic carbocycles. The molecule has 0 saturated heterocycles. The number of halogens is 4. The lowest BCUT2D eigenvalue weighted by Gasteiger charge is -2.11. The van der Waals surface area contributed by atoms with Gasteiger partial charge < -0.3 is 5.11 Å². The number of aromatic carboxylic acids is 1. The summed E-state index contributed by atoms with van der Waals surface area (Å²) < 4.78 is 39.7. The van der Waals surface area contributed by atoms with Gasteiger partial charge in [-0.3, -0.25) is 0 Å². The summed E-state index contributed by atoms with van der Waals surface area (Å²) in [7, 11) is 0. The normalized spacial score (nSPS) is 12.1. The van der Waals surface area contributed by atoms with Gasteiger partial charge in [0.05, 0.1) is 16.6 Å². The predicted molar refractivity (Wildman–Crippen MR) is 60.2 cm³/mol. The van der Waals surface area contributed by atoms with E-state index in [1.165, 1.54) is 10.9 Å². The van der Waals surface area contributed by atoms with Crippen molar-refractivity contribution in [3.05, 3.63) is 22.5 Å². The molecule has 0 saturated carbocycles. The van der Waals surface area contributed by atoms with Gasteiger partial charge >= 0.3 is 12.1 Å². The van der Waals surface area contributed by atoms with E-state index in [9.17, 15) is 18.0 Å². The van der Waals surface area contributed by atoms with Crippen LogP contribution in [0.3, 0.4) is 0 Å². The van der Waals surface area contributed by atoms with Gasteiger partial charge in [0.2, 0.25) is 0 Å². The molecule has 0 bridgehead atoms. The quantitative estimate of drug-likeness (QED) is 0.924. The van der Waals surface area contributed by atoms with E-state index < -0.39 is 28.4 Å². The first-order valence-electron chi connectivity index (χ1n) is 5.12. The van der Waals surface area contributed by atoms with Gasteiger partial charge in [-0.05, 0) is 6.92 Å². The highest BCUT2D eigenvalue weighted by Crippen LogP contribution is 2.37. The molecule has 102 valence electrons. The SMILES string of the molecule is CCn1ncc2c(Cl)c(C(=O)O)c(C(F)(F)F)nc21. The van der Waals surface area contributed by atoms with Gasteiger partial charge in [-0.15, -0.1) is 0 Å². The van der Waals surface area contributed by atoms with Crippen LogP contribution in [0.1, 0.15) is 23.0 Å². The zero-order valence-corrected chi connectivity index (χ0v) is 10.2. The molecule has 0 radical (unpaired) electrons. The van der Waals surface area contributed by atoms with Crippen molar-refractivity contribution in [3.63, 3.8) is 0 Å². The van der Waals surface area contributed by atoms with Gasteiger partial charge in [0.15, 0.2) is 11.3 Å². The number of aryl methyl sites for hydroxylation is 1. The maximum absolute atomic E-state index is 12.8. The summed E-state index contributed by atoms with van der Waals surface area (Å²) in [6, 6.07) is 0. The summed E-state index contributed by atoms with van der Waals surface area (Å²) >= 11 is 5.74. The van der Waals surface area contributed by atoms with E-state index in [-0.39, 0.29) is 17.6 Å². The Morgan fingerprint density at radius 3 is 2.63 bits per heavy atom.